The van der Waals surface area contributed by atoms with Crippen molar-refractivity contribution in [2.75, 3.05) is 31.1 Å². The molecule has 6 rings (SSSR count). The summed E-state index contributed by atoms with van der Waals surface area (Å²) < 4.78 is 16.8. The quantitative estimate of drug-likeness (QED) is 0.420. The van der Waals surface area contributed by atoms with E-state index in [0.29, 0.717) is 33.3 Å². The molecule has 0 spiro atoms. The maximum absolute atomic E-state index is 14.8. The number of hydrogen-bond donors (Lipinski definition) is 1. The zero-order valence-electron chi connectivity index (χ0n) is 17.7. The summed E-state index contributed by atoms with van der Waals surface area (Å²) >= 11 is 6.20. The van der Waals surface area contributed by atoms with E-state index < -0.39 is 0 Å². The molecule has 1 aliphatic heterocycles. The molecule has 0 aliphatic carbocycles. The van der Waals surface area contributed by atoms with E-state index in [2.05, 4.69) is 21.3 Å². The smallest absolute Gasteiger partial charge is 0.137 e. The Hall–Kier alpha value is -3.55. The van der Waals surface area contributed by atoms with Crippen LogP contribution in [0.2, 0.25) is 5.02 Å². The highest BCUT2D eigenvalue weighted by Crippen LogP contribution is 2.35. The second kappa shape index (κ2) is 8.10. The molecule has 1 N–H and O–H groups in total. The highest BCUT2D eigenvalue weighted by Gasteiger charge is 2.20. The normalized spacial score (nSPS) is 14.3. The number of benzene rings is 1. The van der Waals surface area contributed by atoms with Gasteiger partial charge < -0.3 is 10.2 Å². The van der Waals surface area contributed by atoms with E-state index in [-0.39, 0.29) is 5.82 Å². The molecule has 0 amide bonds. The van der Waals surface area contributed by atoms with E-state index in [1.165, 1.54) is 12.1 Å². The summed E-state index contributed by atoms with van der Waals surface area (Å²) in [7, 11) is 0. The largest absolute Gasteiger partial charge is 0.368 e. The van der Waals surface area contributed by atoms with Crippen LogP contribution >= 0.6 is 11.6 Å². The summed E-state index contributed by atoms with van der Waals surface area (Å²) in [5, 5.41) is 3.82. The van der Waals surface area contributed by atoms with Crippen LogP contribution in [0.15, 0.2) is 67.0 Å². The Bertz CT molecular complexity index is 1490. The lowest BCUT2D eigenvalue weighted by Gasteiger charge is -2.29. The third kappa shape index (κ3) is 3.59. The predicted molar refractivity (Wildman–Crippen MR) is 129 cm³/mol. The van der Waals surface area contributed by atoms with Gasteiger partial charge in [0, 0.05) is 43.0 Å². The van der Waals surface area contributed by atoms with E-state index in [0.717, 1.165) is 42.9 Å². The van der Waals surface area contributed by atoms with Gasteiger partial charge in [0.2, 0.25) is 0 Å². The summed E-state index contributed by atoms with van der Waals surface area (Å²) in [4.78, 5) is 16.6. The molecule has 6 nitrogen and oxygen atoms in total. The summed E-state index contributed by atoms with van der Waals surface area (Å²) in [6.07, 6.45) is 3.81. The molecule has 0 atom stereocenters. The summed E-state index contributed by atoms with van der Waals surface area (Å²) in [6.45, 7) is 3.75. The fraction of sp³-hybridized carbons (Fsp3) is 0.160. The van der Waals surface area contributed by atoms with Crippen LogP contribution in [0.5, 0.6) is 0 Å². The molecule has 0 unspecified atom stereocenters. The molecule has 1 aliphatic rings. The van der Waals surface area contributed by atoms with Crippen molar-refractivity contribution in [3.8, 4) is 22.6 Å². The third-order valence-electron chi connectivity index (χ3n) is 5.96. The van der Waals surface area contributed by atoms with Gasteiger partial charge in [0.05, 0.1) is 34.3 Å². The SMILES string of the molecule is Fc1ccc(Cl)cc1-c1nc2ccccn2c1-c1ccc2ncc(N3CCNCC3)cc2n1. The Morgan fingerprint density at radius 1 is 0.939 bits per heavy atom. The molecule has 1 aromatic carbocycles. The molecular formula is C25H20ClFN6. The summed E-state index contributed by atoms with van der Waals surface area (Å²) in [5.41, 5.74) is 5.59. The maximum atomic E-state index is 14.8. The van der Waals surface area contributed by atoms with Crippen LogP contribution in [-0.2, 0) is 0 Å². The zero-order valence-corrected chi connectivity index (χ0v) is 18.4. The molecule has 4 aromatic heterocycles. The number of fused-ring (bicyclic) bond motifs is 2. The molecule has 0 bridgehead atoms. The topological polar surface area (TPSA) is 58.4 Å². The molecule has 1 saturated heterocycles. The van der Waals surface area contributed by atoms with E-state index >= 15 is 0 Å². The average molecular weight is 459 g/mol. The van der Waals surface area contributed by atoms with Crippen molar-refractivity contribution >= 4 is 34.0 Å². The fourth-order valence-electron chi connectivity index (χ4n) is 4.33. The Labute approximate surface area is 194 Å². The van der Waals surface area contributed by atoms with Gasteiger partial charge in [0.15, 0.2) is 0 Å². The van der Waals surface area contributed by atoms with Crippen molar-refractivity contribution < 1.29 is 4.39 Å². The van der Waals surface area contributed by atoms with Gasteiger partial charge in [0.1, 0.15) is 17.2 Å². The number of halogens is 2. The van der Waals surface area contributed by atoms with Gasteiger partial charge in [-0.05, 0) is 48.5 Å². The monoisotopic (exact) mass is 458 g/mol. The third-order valence-corrected chi connectivity index (χ3v) is 6.20. The maximum Gasteiger partial charge on any atom is 0.137 e. The minimum absolute atomic E-state index is 0.343. The van der Waals surface area contributed by atoms with Gasteiger partial charge >= 0.3 is 0 Å². The Balaban J connectivity index is 1.55. The number of pyridine rings is 3. The van der Waals surface area contributed by atoms with Gasteiger partial charge in [0.25, 0.3) is 0 Å². The Morgan fingerprint density at radius 2 is 1.82 bits per heavy atom. The standard InChI is InChI=1S/C25H20ClFN6/c26-16-4-5-19(27)18(13-16)24-25(33-10-2-1-3-23(33)31-24)21-7-6-20-22(30-21)14-17(15-29-20)32-11-8-28-9-12-32/h1-7,10,13-15,28H,8-9,11-12H2. The molecule has 0 radical (unpaired) electrons. The van der Waals surface area contributed by atoms with E-state index in [4.69, 9.17) is 21.6 Å². The lowest BCUT2D eigenvalue weighted by molar-refractivity contribution is 0.589. The molecule has 5 heterocycles. The lowest BCUT2D eigenvalue weighted by Crippen LogP contribution is -2.43. The number of imidazole rings is 1. The highest BCUT2D eigenvalue weighted by molar-refractivity contribution is 6.30. The van der Waals surface area contributed by atoms with E-state index in [9.17, 15) is 4.39 Å². The van der Waals surface area contributed by atoms with E-state index in [1.54, 1.807) is 6.07 Å². The fourth-order valence-corrected chi connectivity index (χ4v) is 4.50. The van der Waals surface area contributed by atoms with Crippen molar-refractivity contribution in [2.45, 2.75) is 0 Å². The van der Waals surface area contributed by atoms with Crippen molar-refractivity contribution in [1.82, 2.24) is 24.7 Å². The van der Waals surface area contributed by atoms with Gasteiger partial charge in [-0.15, -0.1) is 0 Å². The molecule has 164 valence electrons. The molecule has 33 heavy (non-hydrogen) atoms. The number of hydrogen-bond acceptors (Lipinski definition) is 5. The number of rotatable bonds is 3. The number of anilines is 1. The van der Waals surface area contributed by atoms with Crippen LogP contribution in [-0.4, -0.2) is 45.5 Å². The first kappa shape index (κ1) is 20.1. The summed E-state index contributed by atoms with van der Waals surface area (Å²) in [5.74, 6) is -0.382. The number of aromatic nitrogens is 4. The second-order valence-corrected chi connectivity index (χ2v) is 8.46. The number of piperazine rings is 1. The van der Waals surface area contributed by atoms with Gasteiger partial charge in [-0.3, -0.25) is 9.38 Å². The number of nitrogens with one attached hydrogen (secondary N) is 1. The zero-order chi connectivity index (χ0) is 22.4. The first-order valence-corrected chi connectivity index (χ1v) is 11.2. The highest BCUT2D eigenvalue weighted by atomic mass is 35.5. The van der Waals surface area contributed by atoms with Gasteiger partial charge in [-0.25, -0.2) is 14.4 Å². The number of nitrogens with zero attached hydrogens (tertiary/aromatic N) is 5. The van der Waals surface area contributed by atoms with Crippen LogP contribution in [0.4, 0.5) is 10.1 Å². The molecule has 1 fully saturated rings. The minimum atomic E-state index is -0.382. The first-order valence-electron chi connectivity index (χ1n) is 10.8. The molecular weight excluding hydrogens is 439 g/mol. The van der Waals surface area contributed by atoms with Crippen molar-refractivity contribution in [3.63, 3.8) is 0 Å². The van der Waals surface area contributed by atoms with Crippen molar-refractivity contribution in [2.24, 2.45) is 0 Å². The minimum Gasteiger partial charge on any atom is -0.368 e. The predicted octanol–water partition coefficient (Wildman–Crippen LogP) is 4.81. The molecule has 8 heteroatoms. The first-order chi connectivity index (χ1) is 16.2. The van der Waals surface area contributed by atoms with Crippen LogP contribution in [0.25, 0.3) is 39.3 Å². The van der Waals surface area contributed by atoms with Gasteiger partial charge in [-0.2, -0.15) is 0 Å². The average Bonchev–Trinajstić information content (AvgIpc) is 3.25. The Kier molecular flexibility index (Phi) is 4.93. The summed E-state index contributed by atoms with van der Waals surface area (Å²) in [6, 6.07) is 16.1. The van der Waals surface area contributed by atoms with Crippen LogP contribution < -0.4 is 10.2 Å². The van der Waals surface area contributed by atoms with Crippen molar-refractivity contribution in [3.05, 3.63) is 77.8 Å². The van der Waals surface area contributed by atoms with Gasteiger partial charge in [-0.1, -0.05) is 17.7 Å². The Morgan fingerprint density at radius 3 is 2.70 bits per heavy atom. The van der Waals surface area contributed by atoms with Crippen LogP contribution in [0.3, 0.4) is 0 Å². The van der Waals surface area contributed by atoms with Crippen LogP contribution in [0.1, 0.15) is 0 Å². The molecule has 5 aromatic rings. The lowest BCUT2D eigenvalue weighted by atomic mass is 10.1. The van der Waals surface area contributed by atoms with Crippen LogP contribution in [0, 0.1) is 5.82 Å². The van der Waals surface area contributed by atoms with Crippen molar-refractivity contribution in [1.29, 1.82) is 0 Å². The second-order valence-electron chi connectivity index (χ2n) is 8.03. The molecule has 0 saturated carbocycles. The van der Waals surface area contributed by atoms with E-state index in [1.807, 2.05) is 47.1 Å².